The zero-order valence-electron chi connectivity index (χ0n) is 14.0. The summed E-state index contributed by atoms with van der Waals surface area (Å²) in [6.45, 7) is 0. The zero-order valence-corrected chi connectivity index (χ0v) is 14.0. The Morgan fingerprint density at radius 1 is 0.484 bits per heavy atom. The third kappa shape index (κ3) is 8.97. The minimum absolute atomic E-state index is 0.520. The lowest BCUT2D eigenvalue weighted by atomic mass is 10.1. The molecule has 0 aromatic carbocycles. The molecule has 190 valence electrons. The second-order valence-corrected chi connectivity index (χ2v) is 5.00. The summed E-state index contributed by atoms with van der Waals surface area (Å²) in [5.74, 6) is -12.8. The van der Waals surface area contributed by atoms with Gasteiger partial charge in [0.2, 0.25) is 12.2 Å². The van der Waals surface area contributed by atoms with Gasteiger partial charge in [-0.2, -0.15) is 52.7 Å². The third-order valence-electron chi connectivity index (χ3n) is 2.67. The van der Waals surface area contributed by atoms with Crippen LogP contribution in [-0.2, 0) is 9.47 Å². The number of methoxy groups -OCH3 is 1. The van der Waals surface area contributed by atoms with E-state index in [1.165, 1.54) is 0 Å². The molecular weight excluding hydrogens is 506 g/mol. The van der Waals surface area contributed by atoms with Crippen LogP contribution in [0.15, 0.2) is 0 Å². The molecule has 0 rings (SSSR count). The Bertz CT molecular complexity index is 488. The van der Waals surface area contributed by atoms with E-state index in [1.54, 1.807) is 0 Å². The van der Waals surface area contributed by atoms with Gasteiger partial charge in [-0.05, 0) is 0 Å². The van der Waals surface area contributed by atoms with Crippen molar-refractivity contribution < 1.29 is 88.5 Å². The maximum atomic E-state index is 12.6. The van der Waals surface area contributed by atoms with Crippen LogP contribution in [0.1, 0.15) is 0 Å². The van der Waals surface area contributed by atoms with Crippen LogP contribution in [0.5, 0.6) is 0 Å². The molecule has 0 bridgehead atoms. The molecule has 20 heteroatoms. The highest BCUT2D eigenvalue weighted by Crippen LogP contribution is 2.45. The molecule has 0 aliphatic heterocycles. The summed E-state index contributed by atoms with van der Waals surface area (Å²) in [7, 11) is 0.520. The van der Waals surface area contributed by atoms with E-state index in [2.05, 4.69) is 9.47 Å². The smallest absolute Gasteiger partial charge is 0.344 e. The molecule has 0 spiro atoms. The normalized spacial score (nSPS) is 16.5. The standard InChI is InChI=1S/C8H4F14O.C3H4F4O/c9-3(10)5(13,14)1(7(17,18)19)23-2(8(20,21)22)6(15,16)4(11)12;1-8-3(6,7)2(4)5/h1-4H;2H,1H3. The molecule has 0 aromatic heterocycles. The van der Waals surface area contributed by atoms with E-state index in [0.29, 0.717) is 7.11 Å². The first kappa shape index (κ1) is 31.8. The molecule has 0 N–H and O–H groups in total. The second-order valence-electron chi connectivity index (χ2n) is 5.00. The van der Waals surface area contributed by atoms with Crippen LogP contribution in [0.3, 0.4) is 0 Å². The van der Waals surface area contributed by atoms with Crippen molar-refractivity contribution in [3.63, 3.8) is 0 Å². The van der Waals surface area contributed by atoms with Gasteiger partial charge < -0.3 is 9.47 Å². The van der Waals surface area contributed by atoms with E-state index in [1.807, 2.05) is 0 Å². The largest absolute Gasteiger partial charge is 0.420 e. The fourth-order valence-corrected chi connectivity index (χ4v) is 1.23. The van der Waals surface area contributed by atoms with Gasteiger partial charge in [0.1, 0.15) is 0 Å². The van der Waals surface area contributed by atoms with Gasteiger partial charge in [0.05, 0.1) is 0 Å². The molecule has 0 heterocycles. The van der Waals surface area contributed by atoms with E-state index in [-0.39, 0.29) is 0 Å². The highest BCUT2D eigenvalue weighted by molar-refractivity contribution is 4.93. The van der Waals surface area contributed by atoms with Crippen molar-refractivity contribution >= 4 is 0 Å². The molecule has 0 aliphatic carbocycles. The van der Waals surface area contributed by atoms with Crippen molar-refractivity contribution in [2.24, 2.45) is 0 Å². The van der Waals surface area contributed by atoms with Crippen molar-refractivity contribution in [2.45, 2.75) is 61.8 Å². The summed E-state index contributed by atoms with van der Waals surface area (Å²) in [5, 5.41) is 0. The van der Waals surface area contributed by atoms with Crippen LogP contribution in [0.2, 0.25) is 0 Å². The number of rotatable bonds is 8. The Hall–Kier alpha value is -1.34. The number of ether oxygens (including phenoxy) is 2. The Morgan fingerprint density at radius 2 is 0.742 bits per heavy atom. The van der Waals surface area contributed by atoms with Gasteiger partial charge in [-0.1, -0.05) is 0 Å². The lowest BCUT2D eigenvalue weighted by Gasteiger charge is -2.34. The van der Waals surface area contributed by atoms with Crippen LogP contribution >= 0.6 is 0 Å². The van der Waals surface area contributed by atoms with Crippen molar-refractivity contribution in [1.29, 1.82) is 0 Å². The van der Waals surface area contributed by atoms with Crippen LogP contribution in [0.25, 0.3) is 0 Å². The van der Waals surface area contributed by atoms with Crippen LogP contribution in [0.4, 0.5) is 79.0 Å². The monoisotopic (exact) mass is 514 g/mol. The second kappa shape index (κ2) is 10.5. The molecule has 0 aliphatic rings. The quantitative estimate of drug-likeness (QED) is 0.362. The summed E-state index contributed by atoms with van der Waals surface area (Å²) in [6.07, 6.45) is -42.8. The Labute approximate surface area is 159 Å². The molecule has 0 amide bonds. The van der Waals surface area contributed by atoms with Crippen LogP contribution in [0, 0.1) is 0 Å². The first-order valence-electron chi connectivity index (χ1n) is 6.68. The Balaban J connectivity index is 0. The van der Waals surface area contributed by atoms with Gasteiger partial charge in [-0.15, -0.1) is 0 Å². The van der Waals surface area contributed by atoms with E-state index in [4.69, 9.17) is 0 Å². The molecule has 31 heavy (non-hydrogen) atoms. The van der Waals surface area contributed by atoms with E-state index in [0.717, 1.165) is 0 Å². The number of halogens is 18. The molecule has 0 aromatic rings. The fourth-order valence-electron chi connectivity index (χ4n) is 1.23. The van der Waals surface area contributed by atoms with Crippen LogP contribution in [-0.4, -0.2) is 68.9 Å². The van der Waals surface area contributed by atoms with Gasteiger partial charge in [-0.25, -0.2) is 26.3 Å². The fraction of sp³-hybridized carbons (Fsp3) is 1.00. The van der Waals surface area contributed by atoms with Crippen molar-refractivity contribution in [3.8, 4) is 0 Å². The minimum atomic E-state index is -6.69. The predicted molar refractivity (Wildman–Crippen MR) is 60.6 cm³/mol. The van der Waals surface area contributed by atoms with Gasteiger partial charge in [0.25, 0.3) is 0 Å². The van der Waals surface area contributed by atoms with Gasteiger partial charge in [0, 0.05) is 7.11 Å². The average Bonchev–Trinajstić information content (AvgIpc) is 2.52. The van der Waals surface area contributed by atoms with Crippen LogP contribution < -0.4 is 0 Å². The maximum absolute atomic E-state index is 12.6. The molecular formula is C11H8F18O2. The summed E-state index contributed by atoms with van der Waals surface area (Å²) in [6, 6.07) is 0. The summed E-state index contributed by atoms with van der Waals surface area (Å²) in [5.41, 5.74) is 0. The number of hydrogen-bond donors (Lipinski definition) is 0. The Kier molecular flexibility index (Phi) is 10.8. The minimum Gasteiger partial charge on any atom is -0.344 e. The van der Waals surface area contributed by atoms with Crippen molar-refractivity contribution in [2.75, 3.05) is 7.11 Å². The molecule has 2 unspecified atom stereocenters. The topological polar surface area (TPSA) is 18.5 Å². The molecule has 0 saturated carbocycles. The molecule has 2 atom stereocenters. The lowest BCUT2D eigenvalue weighted by Crippen LogP contribution is -2.59. The van der Waals surface area contributed by atoms with Gasteiger partial charge in [-0.3, -0.25) is 0 Å². The molecule has 0 saturated heterocycles. The summed E-state index contributed by atoms with van der Waals surface area (Å²) in [4.78, 5) is 0. The lowest BCUT2D eigenvalue weighted by molar-refractivity contribution is -0.378. The number of alkyl halides is 18. The third-order valence-corrected chi connectivity index (χ3v) is 2.67. The van der Waals surface area contributed by atoms with Gasteiger partial charge >= 0.3 is 49.6 Å². The predicted octanol–water partition coefficient (Wildman–Crippen LogP) is 6.16. The van der Waals surface area contributed by atoms with Gasteiger partial charge in [0.15, 0.2) is 0 Å². The Morgan fingerprint density at radius 3 is 0.839 bits per heavy atom. The summed E-state index contributed by atoms with van der Waals surface area (Å²) < 4.78 is 221. The van der Waals surface area contributed by atoms with E-state index >= 15 is 0 Å². The van der Waals surface area contributed by atoms with Crippen molar-refractivity contribution in [1.82, 2.24) is 0 Å². The summed E-state index contributed by atoms with van der Waals surface area (Å²) >= 11 is 0. The first-order chi connectivity index (χ1) is 13.4. The maximum Gasteiger partial charge on any atom is 0.420 e. The SMILES string of the molecule is COC(F)(F)C(F)F.FC(F)C(F)(F)C(OC(C(F)(F)F)C(F)(F)C(F)F)C(F)(F)F. The van der Waals surface area contributed by atoms with E-state index < -0.39 is 61.8 Å². The van der Waals surface area contributed by atoms with E-state index in [9.17, 15) is 79.0 Å². The highest BCUT2D eigenvalue weighted by atomic mass is 19.4. The van der Waals surface area contributed by atoms with Crippen molar-refractivity contribution in [3.05, 3.63) is 0 Å². The first-order valence-corrected chi connectivity index (χ1v) is 6.68. The number of hydrogen-bond acceptors (Lipinski definition) is 2. The molecule has 2 nitrogen and oxygen atoms in total. The molecule has 0 radical (unpaired) electrons. The highest BCUT2D eigenvalue weighted by Gasteiger charge is 2.69. The molecule has 0 fully saturated rings. The average molecular weight is 514 g/mol. The zero-order chi connectivity index (χ0) is 25.8.